The number of hydrogen-bond acceptors (Lipinski definition) is 4. The number of benzene rings is 1. The van der Waals surface area contributed by atoms with Crippen LogP contribution >= 0.6 is 0 Å². The highest BCUT2D eigenvalue weighted by molar-refractivity contribution is 7.90. The van der Waals surface area contributed by atoms with Gasteiger partial charge >= 0.3 is 5.97 Å². The highest BCUT2D eigenvalue weighted by atomic mass is 32.2. The molecule has 0 saturated carbocycles. The molecule has 1 heterocycles. The van der Waals surface area contributed by atoms with E-state index in [4.69, 9.17) is 4.74 Å². The molecule has 6 nitrogen and oxygen atoms in total. The van der Waals surface area contributed by atoms with Gasteiger partial charge in [0.2, 0.25) is 10.0 Å². The lowest BCUT2D eigenvalue weighted by Crippen LogP contribution is -2.43. The van der Waals surface area contributed by atoms with E-state index in [9.17, 15) is 18.3 Å². The van der Waals surface area contributed by atoms with E-state index in [0.717, 1.165) is 0 Å². The first-order valence-corrected chi connectivity index (χ1v) is 8.35. The highest BCUT2D eigenvalue weighted by Gasteiger charge is 2.34. The van der Waals surface area contributed by atoms with Crippen molar-refractivity contribution in [3.63, 3.8) is 0 Å². The standard InChI is InChI=1S/C14H19NO5S/c1-10-9-12(7-8-20-10)21(18,19)15-13(14(16)17)11-5-3-2-4-6-11/h2-6,10,12-13,15H,7-9H2,1H3,(H,16,17)/t10?,12?,13-/m0/s1. The Morgan fingerprint density at radius 1 is 1.38 bits per heavy atom. The molecule has 1 aromatic rings. The zero-order valence-electron chi connectivity index (χ0n) is 11.7. The van der Waals surface area contributed by atoms with Crippen LogP contribution in [0, 0.1) is 0 Å². The molecule has 1 saturated heterocycles. The second-order valence-electron chi connectivity index (χ2n) is 5.17. The minimum atomic E-state index is -3.72. The molecule has 2 rings (SSSR count). The van der Waals surface area contributed by atoms with Crippen LogP contribution < -0.4 is 4.72 Å². The van der Waals surface area contributed by atoms with Crippen molar-refractivity contribution in [3.8, 4) is 0 Å². The fourth-order valence-electron chi connectivity index (χ4n) is 2.41. The second kappa shape index (κ2) is 6.55. The van der Waals surface area contributed by atoms with Crippen LogP contribution in [0.2, 0.25) is 0 Å². The van der Waals surface area contributed by atoms with Gasteiger partial charge in [-0.15, -0.1) is 0 Å². The Kier molecular flexibility index (Phi) is 4.97. The molecule has 21 heavy (non-hydrogen) atoms. The van der Waals surface area contributed by atoms with Gasteiger partial charge in [-0.2, -0.15) is 4.72 Å². The summed E-state index contributed by atoms with van der Waals surface area (Å²) in [5.74, 6) is -1.22. The molecular formula is C14H19NO5S. The molecule has 0 aliphatic carbocycles. The molecule has 2 unspecified atom stereocenters. The van der Waals surface area contributed by atoms with Crippen molar-refractivity contribution in [2.24, 2.45) is 0 Å². The Bertz CT molecular complexity index is 587. The fourth-order valence-corrected chi connectivity index (χ4v) is 4.09. The Labute approximate surface area is 124 Å². The Balaban J connectivity index is 2.18. The molecule has 1 aliphatic rings. The van der Waals surface area contributed by atoms with Crippen LogP contribution in [-0.4, -0.2) is 37.5 Å². The number of carboxylic acids is 1. The second-order valence-corrected chi connectivity index (χ2v) is 7.16. The van der Waals surface area contributed by atoms with Gasteiger partial charge in [-0.3, -0.25) is 4.79 Å². The molecule has 0 bridgehead atoms. The van der Waals surface area contributed by atoms with E-state index in [2.05, 4.69) is 4.72 Å². The summed E-state index contributed by atoms with van der Waals surface area (Å²) in [6, 6.07) is 7.01. The molecule has 1 aromatic carbocycles. The van der Waals surface area contributed by atoms with Crippen molar-refractivity contribution in [1.82, 2.24) is 4.72 Å². The molecule has 0 amide bonds. The largest absolute Gasteiger partial charge is 0.480 e. The normalized spacial score (nSPS) is 24.4. The van der Waals surface area contributed by atoms with E-state index in [1.807, 2.05) is 6.92 Å². The van der Waals surface area contributed by atoms with Crippen LogP contribution in [0.5, 0.6) is 0 Å². The van der Waals surface area contributed by atoms with Gasteiger partial charge in [0.1, 0.15) is 6.04 Å². The van der Waals surface area contributed by atoms with Crippen LogP contribution in [0.3, 0.4) is 0 Å². The summed E-state index contributed by atoms with van der Waals surface area (Å²) in [5.41, 5.74) is 0.411. The third-order valence-electron chi connectivity index (χ3n) is 3.54. The average Bonchev–Trinajstić information content (AvgIpc) is 2.45. The summed E-state index contributed by atoms with van der Waals surface area (Å²) in [6.45, 7) is 2.18. The summed E-state index contributed by atoms with van der Waals surface area (Å²) >= 11 is 0. The smallest absolute Gasteiger partial charge is 0.326 e. The first-order chi connectivity index (χ1) is 9.90. The van der Waals surface area contributed by atoms with Gasteiger partial charge in [-0.1, -0.05) is 30.3 Å². The lowest BCUT2D eigenvalue weighted by molar-refractivity contribution is -0.139. The summed E-state index contributed by atoms with van der Waals surface area (Å²) in [4.78, 5) is 11.4. The molecule has 0 spiro atoms. The minimum absolute atomic E-state index is 0.139. The summed E-state index contributed by atoms with van der Waals surface area (Å²) in [5, 5.41) is 8.67. The lowest BCUT2D eigenvalue weighted by Gasteiger charge is -2.28. The molecule has 7 heteroatoms. The predicted molar refractivity (Wildman–Crippen MR) is 77.3 cm³/mol. The van der Waals surface area contributed by atoms with E-state index < -0.39 is 27.3 Å². The van der Waals surface area contributed by atoms with Crippen molar-refractivity contribution in [2.45, 2.75) is 37.2 Å². The first kappa shape index (κ1) is 15.9. The maximum atomic E-state index is 12.4. The van der Waals surface area contributed by atoms with E-state index in [-0.39, 0.29) is 6.10 Å². The van der Waals surface area contributed by atoms with Crippen LogP contribution in [-0.2, 0) is 19.6 Å². The molecule has 1 aliphatic heterocycles. The topological polar surface area (TPSA) is 92.7 Å². The van der Waals surface area contributed by atoms with E-state index in [1.165, 1.54) is 0 Å². The zero-order valence-corrected chi connectivity index (χ0v) is 12.5. The first-order valence-electron chi connectivity index (χ1n) is 6.80. The van der Waals surface area contributed by atoms with Gasteiger partial charge in [0, 0.05) is 6.61 Å². The van der Waals surface area contributed by atoms with Gasteiger partial charge in [-0.25, -0.2) is 8.42 Å². The van der Waals surface area contributed by atoms with Gasteiger partial charge in [-0.05, 0) is 25.3 Å². The van der Waals surface area contributed by atoms with Crippen molar-refractivity contribution in [1.29, 1.82) is 0 Å². The van der Waals surface area contributed by atoms with Gasteiger partial charge in [0.15, 0.2) is 0 Å². The number of nitrogens with one attached hydrogen (secondary N) is 1. The number of carbonyl (C=O) groups is 1. The molecule has 1 fully saturated rings. The van der Waals surface area contributed by atoms with Crippen molar-refractivity contribution in [3.05, 3.63) is 35.9 Å². The van der Waals surface area contributed by atoms with Crippen LogP contribution in [0.15, 0.2) is 30.3 Å². The van der Waals surface area contributed by atoms with Crippen molar-refractivity contribution >= 4 is 16.0 Å². The summed E-state index contributed by atoms with van der Waals surface area (Å²) in [7, 11) is -3.72. The quantitative estimate of drug-likeness (QED) is 0.854. The maximum absolute atomic E-state index is 12.4. The van der Waals surface area contributed by atoms with Gasteiger partial charge in [0.25, 0.3) is 0 Å². The van der Waals surface area contributed by atoms with Crippen LogP contribution in [0.4, 0.5) is 0 Å². The monoisotopic (exact) mass is 313 g/mol. The van der Waals surface area contributed by atoms with Crippen LogP contribution in [0.25, 0.3) is 0 Å². The minimum Gasteiger partial charge on any atom is -0.480 e. The third-order valence-corrected chi connectivity index (χ3v) is 5.41. The number of ether oxygens (including phenoxy) is 1. The number of aliphatic carboxylic acids is 1. The number of hydrogen-bond donors (Lipinski definition) is 2. The highest BCUT2D eigenvalue weighted by Crippen LogP contribution is 2.22. The fraction of sp³-hybridized carbons (Fsp3) is 0.500. The van der Waals surface area contributed by atoms with Crippen molar-refractivity contribution in [2.75, 3.05) is 6.61 Å². The number of carboxylic acid groups (broad SMARTS) is 1. The van der Waals surface area contributed by atoms with E-state index >= 15 is 0 Å². The molecule has 0 aromatic heterocycles. The van der Waals surface area contributed by atoms with E-state index in [0.29, 0.717) is 25.0 Å². The van der Waals surface area contributed by atoms with Gasteiger partial charge in [0.05, 0.1) is 11.4 Å². The molecule has 3 atom stereocenters. The number of rotatable bonds is 5. The molecule has 0 radical (unpaired) electrons. The van der Waals surface area contributed by atoms with Crippen molar-refractivity contribution < 1.29 is 23.1 Å². The summed E-state index contributed by atoms with van der Waals surface area (Å²) < 4.78 is 32.4. The van der Waals surface area contributed by atoms with Gasteiger partial charge < -0.3 is 9.84 Å². The maximum Gasteiger partial charge on any atom is 0.326 e. The summed E-state index contributed by atoms with van der Waals surface area (Å²) in [6.07, 6.45) is 0.609. The predicted octanol–water partition coefficient (Wildman–Crippen LogP) is 1.30. The molecule has 2 N–H and O–H groups in total. The zero-order chi connectivity index (χ0) is 15.5. The van der Waals surface area contributed by atoms with E-state index in [1.54, 1.807) is 30.3 Å². The third kappa shape index (κ3) is 4.03. The van der Waals surface area contributed by atoms with Crippen LogP contribution in [0.1, 0.15) is 31.4 Å². The lowest BCUT2D eigenvalue weighted by atomic mass is 10.1. The Morgan fingerprint density at radius 2 is 2.05 bits per heavy atom. The number of sulfonamides is 1. The Morgan fingerprint density at radius 3 is 2.62 bits per heavy atom. The SMILES string of the molecule is CC1CC(S(=O)(=O)N[C@H](C(=O)O)c2ccccc2)CCO1. The molecular weight excluding hydrogens is 294 g/mol. The average molecular weight is 313 g/mol. The molecule has 116 valence electrons. The Hall–Kier alpha value is -1.44.